The van der Waals surface area contributed by atoms with Gasteiger partial charge in [0.1, 0.15) is 5.84 Å². The van der Waals surface area contributed by atoms with Crippen LogP contribution in [0.3, 0.4) is 0 Å². The molecule has 0 amide bonds. The molecule has 192 valence electrons. The number of nitrogens with one attached hydrogen (secondary N) is 1. The zero-order chi connectivity index (χ0) is 25.5. The van der Waals surface area contributed by atoms with Gasteiger partial charge in [-0.15, -0.1) is 0 Å². The number of nitrogens with two attached hydrogens (primary N) is 2. The summed E-state index contributed by atoms with van der Waals surface area (Å²) in [7, 11) is 0. The molecule has 0 aliphatic carbocycles. The van der Waals surface area contributed by atoms with Gasteiger partial charge in [0, 0.05) is 43.9 Å². The van der Waals surface area contributed by atoms with Crippen molar-refractivity contribution < 1.29 is 9.47 Å². The maximum atomic E-state index is 8.71. The number of nitrogens with zero attached hydrogens (tertiary/aromatic N) is 4. The summed E-state index contributed by atoms with van der Waals surface area (Å²) in [6.07, 6.45) is 6.06. The first-order valence-corrected chi connectivity index (χ1v) is 12.4. The predicted octanol–water partition coefficient (Wildman–Crippen LogP) is 2.50. The first-order chi connectivity index (χ1) is 17.5. The van der Waals surface area contributed by atoms with Gasteiger partial charge in [-0.1, -0.05) is 43.5 Å². The van der Waals surface area contributed by atoms with Crippen molar-refractivity contribution in [3.05, 3.63) is 72.2 Å². The van der Waals surface area contributed by atoms with E-state index in [1.807, 2.05) is 28.0 Å². The normalized spacial score (nSPS) is 21.1. The van der Waals surface area contributed by atoms with Crippen LogP contribution in [0, 0.1) is 5.41 Å². The van der Waals surface area contributed by atoms with Crippen molar-refractivity contribution in [2.45, 2.75) is 12.8 Å². The van der Waals surface area contributed by atoms with Crippen LogP contribution in [0.25, 0.3) is 5.57 Å². The predicted molar refractivity (Wildman–Crippen MR) is 146 cm³/mol. The average molecular weight is 492 g/mol. The van der Waals surface area contributed by atoms with Crippen molar-refractivity contribution in [1.29, 1.82) is 5.41 Å². The summed E-state index contributed by atoms with van der Waals surface area (Å²) in [4.78, 5) is 10.8. The van der Waals surface area contributed by atoms with E-state index in [9.17, 15) is 0 Å². The standard InChI is InChI=1S/C27H37N7O2/c1-20-8-4-3-7-11-34(23-10-6-5-9-22(20)23)27(30)31-26(33-14-18-36-19-15-33)24(28)21(2)25(29)32-12-16-35-17-13-32/h3,5-7,9-10,29H,1-2,4,8,11-19,28H2,(H2,30,31)/b7-3-,26-24-,29-25?. The highest BCUT2D eigenvalue weighted by atomic mass is 16.5. The Hall–Kier alpha value is -3.56. The minimum absolute atomic E-state index is 0.280. The first-order valence-electron chi connectivity index (χ1n) is 12.4. The highest BCUT2D eigenvalue weighted by Gasteiger charge is 2.24. The molecule has 0 saturated carbocycles. The number of benzene rings is 1. The number of para-hydroxylation sites is 1. The van der Waals surface area contributed by atoms with E-state index in [4.69, 9.17) is 31.3 Å². The molecule has 3 heterocycles. The molecule has 2 fully saturated rings. The number of hydrogen-bond donors (Lipinski definition) is 3. The van der Waals surface area contributed by atoms with Gasteiger partial charge in [0.2, 0.25) is 5.96 Å². The monoisotopic (exact) mass is 491 g/mol. The molecule has 9 nitrogen and oxygen atoms in total. The van der Waals surface area contributed by atoms with E-state index in [0.29, 0.717) is 82.2 Å². The first kappa shape index (κ1) is 25.5. The molecule has 3 aliphatic rings. The Morgan fingerprint density at radius 1 is 0.944 bits per heavy atom. The van der Waals surface area contributed by atoms with Crippen LogP contribution in [0.2, 0.25) is 0 Å². The second kappa shape index (κ2) is 11.9. The Morgan fingerprint density at radius 3 is 2.28 bits per heavy atom. The van der Waals surface area contributed by atoms with Gasteiger partial charge >= 0.3 is 0 Å². The summed E-state index contributed by atoms with van der Waals surface area (Å²) >= 11 is 0. The number of ether oxygens (including phenoxy) is 2. The van der Waals surface area contributed by atoms with Gasteiger partial charge in [0.25, 0.3) is 0 Å². The Labute approximate surface area is 213 Å². The summed E-state index contributed by atoms with van der Waals surface area (Å²) in [5.74, 6) is 1.11. The fourth-order valence-electron chi connectivity index (χ4n) is 4.50. The van der Waals surface area contributed by atoms with Crippen molar-refractivity contribution in [3.8, 4) is 0 Å². The SMILES string of the molecule is C=C(C(=N)N1CCOCC1)/C(N)=C(\N=C(/N)N1C/C=C\CCC(=C)c2ccccc21)N1CCOCC1. The van der Waals surface area contributed by atoms with Crippen molar-refractivity contribution in [1.82, 2.24) is 9.80 Å². The van der Waals surface area contributed by atoms with Crippen LogP contribution in [0.4, 0.5) is 5.69 Å². The van der Waals surface area contributed by atoms with Crippen molar-refractivity contribution in [3.63, 3.8) is 0 Å². The van der Waals surface area contributed by atoms with E-state index >= 15 is 0 Å². The molecular weight excluding hydrogens is 454 g/mol. The molecule has 5 N–H and O–H groups in total. The third-order valence-corrected chi connectivity index (χ3v) is 6.63. The van der Waals surface area contributed by atoms with Crippen LogP contribution in [0.1, 0.15) is 18.4 Å². The summed E-state index contributed by atoms with van der Waals surface area (Å²) in [6, 6.07) is 8.12. The lowest BCUT2D eigenvalue weighted by Crippen LogP contribution is -2.43. The Bertz CT molecular complexity index is 1080. The van der Waals surface area contributed by atoms with Crippen molar-refractivity contribution in [2.75, 3.05) is 64.1 Å². The number of allylic oxidation sites excluding steroid dienone is 2. The fraction of sp³-hybridized carbons (Fsp3) is 0.407. The van der Waals surface area contributed by atoms with E-state index in [0.717, 1.165) is 29.7 Å². The van der Waals surface area contributed by atoms with E-state index in [-0.39, 0.29) is 5.84 Å². The molecule has 0 aromatic heterocycles. The zero-order valence-corrected chi connectivity index (χ0v) is 20.9. The van der Waals surface area contributed by atoms with Gasteiger partial charge in [-0.2, -0.15) is 4.99 Å². The number of hydrogen-bond acceptors (Lipinski definition) is 6. The second-order valence-corrected chi connectivity index (χ2v) is 8.97. The molecule has 2 saturated heterocycles. The third-order valence-electron chi connectivity index (χ3n) is 6.63. The zero-order valence-electron chi connectivity index (χ0n) is 20.9. The van der Waals surface area contributed by atoms with E-state index in [2.05, 4.69) is 36.3 Å². The molecular formula is C27H37N7O2. The Balaban J connectivity index is 1.72. The van der Waals surface area contributed by atoms with Gasteiger partial charge < -0.3 is 35.6 Å². The number of guanidine groups is 1. The van der Waals surface area contributed by atoms with Gasteiger partial charge in [-0.3, -0.25) is 5.41 Å². The number of rotatable bonds is 4. The quantitative estimate of drug-likeness (QED) is 0.256. The molecule has 0 spiro atoms. The average Bonchev–Trinajstić information content (AvgIpc) is 3.00. The topological polar surface area (TPSA) is 116 Å². The Morgan fingerprint density at radius 2 is 1.58 bits per heavy atom. The summed E-state index contributed by atoms with van der Waals surface area (Å²) in [5, 5.41) is 8.71. The van der Waals surface area contributed by atoms with Crippen LogP contribution in [0.5, 0.6) is 0 Å². The summed E-state index contributed by atoms with van der Waals surface area (Å²) < 4.78 is 11.0. The number of aliphatic imine (C=N–C) groups is 1. The number of fused-ring (bicyclic) bond motifs is 1. The van der Waals surface area contributed by atoms with E-state index in [1.54, 1.807) is 0 Å². The number of amidine groups is 1. The Kier molecular flexibility index (Phi) is 8.45. The van der Waals surface area contributed by atoms with E-state index in [1.165, 1.54) is 0 Å². The highest BCUT2D eigenvalue weighted by Crippen LogP contribution is 2.30. The third kappa shape index (κ3) is 5.80. The van der Waals surface area contributed by atoms with Crippen LogP contribution in [0.15, 0.2) is 71.7 Å². The highest BCUT2D eigenvalue weighted by molar-refractivity contribution is 6.00. The molecule has 1 aromatic carbocycles. The molecule has 4 rings (SSSR count). The maximum absolute atomic E-state index is 8.71. The van der Waals surface area contributed by atoms with Gasteiger partial charge in [0.05, 0.1) is 37.8 Å². The number of morpholine rings is 2. The fourth-order valence-corrected chi connectivity index (χ4v) is 4.50. The summed E-state index contributed by atoms with van der Waals surface area (Å²) in [6.45, 7) is 13.8. The lowest BCUT2D eigenvalue weighted by Gasteiger charge is -2.33. The molecule has 0 atom stereocenters. The summed E-state index contributed by atoms with van der Waals surface area (Å²) in [5.41, 5.74) is 17.2. The molecule has 36 heavy (non-hydrogen) atoms. The minimum Gasteiger partial charge on any atom is -0.395 e. The lowest BCUT2D eigenvalue weighted by molar-refractivity contribution is 0.0526. The van der Waals surface area contributed by atoms with Gasteiger partial charge in [-0.05, 0) is 24.5 Å². The molecule has 0 bridgehead atoms. The van der Waals surface area contributed by atoms with Crippen LogP contribution in [-0.4, -0.2) is 80.7 Å². The molecule has 1 aromatic rings. The van der Waals surface area contributed by atoms with E-state index < -0.39 is 0 Å². The van der Waals surface area contributed by atoms with Crippen LogP contribution in [-0.2, 0) is 9.47 Å². The second-order valence-electron chi connectivity index (χ2n) is 8.97. The molecule has 9 heteroatoms. The van der Waals surface area contributed by atoms with Gasteiger partial charge in [0.15, 0.2) is 5.82 Å². The van der Waals surface area contributed by atoms with Crippen molar-refractivity contribution in [2.24, 2.45) is 16.5 Å². The van der Waals surface area contributed by atoms with Crippen molar-refractivity contribution >= 4 is 23.1 Å². The smallest absolute Gasteiger partial charge is 0.202 e. The van der Waals surface area contributed by atoms with Crippen LogP contribution < -0.4 is 16.4 Å². The molecule has 0 radical (unpaired) electrons. The lowest BCUT2D eigenvalue weighted by atomic mass is 10.0. The van der Waals surface area contributed by atoms with Crippen LogP contribution >= 0.6 is 0 Å². The minimum atomic E-state index is 0.280. The molecule has 3 aliphatic heterocycles. The largest absolute Gasteiger partial charge is 0.395 e. The molecule has 0 unspecified atom stereocenters. The van der Waals surface area contributed by atoms with Gasteiger partial charge in [-0.25, -0.2) is 0 Å². The maximum Gasteiger partial charge on any atom is 0.202 e. The number of anilines is 1.